The molecule has 0 aromatic heterocycles. The van der Waals surface area contributed by atoms with Crippen molar-refractivity contribution >= 4 is 17.6 Å². The quantitative estimate of drug-likeness (QED) is 0.260. The Bertz CT molecular complexity index is 478. The molecule has 0 spiro atoms. The number of alkyl halides is 1. The van der Waals surface area contributed by atoms with Crippen molar-refractivity contribution in [2.45, 2.75) is 101 Å². The van der Waals surface area contributed by atoms with Gasteiger partial charge in [0.1, 0.15) is 0 Å². The summed E-state index contributed by atoms with van der Waals surface area (Å²) in [6.07, 6.45) is 15.8. The van der Waals surface area contributed by atoms with Gasteiger partial charge in [0.2, 0.25) is 0 Å². The van der Waals surface area contributed by atoms with Gasteiger partial charge in [0.25, 0.3) is 0 Å². The largest absolute Gasteiger partial charge is 0.481 e. The molecular formula is C22H38ClNO3. The highest BCUT2D eigenvalue weighted by atomic mass is 35.5. The molecular weight excluding hydrogens is 362 g/mol. The fourth-order valence-electron chi connectivity index (χ4n) is 4.85. The number of carboxylic acid groups (broad SMARTS) is 1. The van der Waals surface area contributed by atoms with E-state index in [9.17, 15) is 9.90 Å². The van der Waals surface area contributed by atoms with E-state index < -0.39 is 5.97 Å². The molecule has 27 heavy (non-hydrogen) atoms. The van der Waals surface area contributed by atoms with Gasteiger partial charge in [-0.3, -0.25) is 9.69 Å². The summed E-state index contributed by atoms with van der Waals surface area (Å²) >= 11 is 6.54. The van der Waals surface area contributed by atoms with Crippen LogP contribution in [0.4, 0.5) is 0 Å². The molecule has 0 aromatic carbocycles. The van der Waals surface area contributed by atoms with Gasteiger partial charge in [-0.15, -0.1) is 11.6 Å². The highest BCUT2D eigenvalue weighted by molar-refractivity contribution is 6.21. The van der Waals surface area contributed by atoms with Gasteiger partial charge in [-0.2, -0.15) is 0 Å². The number of hydrogen-bond donors (Lipinski definition) is 2. The molecule has 0 aromatic rings. The zero-order valence-corrected chi connectivity index (χ0v) is 17.7. The van der Waals surface area contributed by atoms with E-state index in [0.717, 1.165) is 58.0 Å². The first-order valence-electron chi connectivity index (χ1n) is 10.9. The van der Waals surface area contributed by atoms with E-state index in [1.807, 2.05) is 0 Å². The third-order valence-electron chi connectivity index (χ3n) is 6.61. The Balaban J connectivity index is 1.69. The number of carbonyl (C=O) groups is 1. The van der Waals surface area contributed by atoms with Crippen molar-refractivity contribution in [2.24, 2.45) is 5.41 Å². The molecule has 2 aliphatic rings. The normalized spacial score (nSPS) is 26.3. The first-order valence-corrected chi connectivity index (χ1v) is 11.3. The summed E-state index contributed by atoms with van der Waals surface area (Å²) in [7, 11) is 0. The van der Waals surface area contributed by atoms with Gasteiger partial charge in [0, 0.05) is 12.5 Å². The minimum absolute atomic E-state index is 0.145. The number of halogens is 1. The average molecular weight is 400 g/mol. The molecule has 2 fully saturated rings. The lowest BCUT2D eigenvalue weighted by Gasteiger charge is -2.46. The van der Waals surface area contributed by atoms with Crippen LogP contribution in [-0.2, 0) is 4.79 Å². The third-order valence-corrected chi connectivity index (χ3v) is 7.12. The minimum Gasteiger partial charge on any atom is -0.481 e. The number of nitrogens with zero attached hydrogens (tertiary/aromatic N) is 1. The lowest BCUT2D eigenvalue weighted by Crippen LogP contribution is -2.42. The van der Waals surface area contributed by atoms with Crippen LogP contribution in [0.2, 0.25) is 0 Å². The smallest absolute Gasteiger partial charge is 0.303 e. The van der Waals surface area contributed by atoms with Crippen LogP contribution in [0.1, 0.15) is 84.0 Å². The van der Waals surface area contributed by atoms with Crippen LogP contribution < -0.4 is 0 Å². The fraction of sp³-hybridized carbons (Fsp3) is 0.864. The topological polar surface area (TPSA) is 60.8 Å². The van der Waals surface area contributed by atoms with Crippen molar-refractivity contribution in [3.8, 4) is 0 Å². The van der Waals surface area contributed by atoms with Crippen molar-refractivity contribution in [1.82, 2.24) is 4.90 Å². The van der Waals surface area contributed by atoms with Crippen molar-refractivity contribution < 1.29 is 15.0 Å². The molecule has 5 heteroatoms. The summed E-state index contributed by atoms with van der Waals surface area (Å²) in [5, 5.41) is 19.6. The molecule has 3 atom stereocenters. The number of unbranched alkanes of at least 4 members (excludes halogenated alkanes) is 1. The Morgan fingerprint density at radius 3 is 2.74 bits per heavy atom. The minimum atomic E-state index is -0.726. The van der Waals surface area contributed by atoms with Crippen molar-refractivity contribution in [2.75, 3.05) is 13.1 Å². The maximum absolute atomic E-state index is 10.7. The van der Waals surface area contributed by atoms with E-state index in [4.69, 9.17) is 16.7 Å². The van der Waals surface area contributed by atoms with E-state index in [1.165, 1.54) is 19.3 Å². The molecule has 4 nitrogen and oxygen atoms in total. The second-order valence-electron chi connectivity index (χ2n) is 8.53. The highest BCUT2D eigenvalue weighted by Crippen LogP contribution is 2.48. The molecule has 1 heterocycles. The summed E-state index contributed by atoms with van der Waals surface area (Å²) in [5.41, 5.74) is 0.215. The first kappa shape index (κ1) is 22.7. The van der Waals surface area contributed by atoms with Gasteiger partial charge in [-0.1, -0.05) is 31.9 Å². The Hall–Kier alpha value is -0.580. The van der Waals surface area contributed by atoms with Crippen LogP contribution in [0, 0.1) is 5.41 Å². The second-order valence-corrected chi connectivity index (χ2v) is 9.09. The predicted molar refractivity (Wildman–Crippen MR) is 111 cm³/mol. The molecule has 0 bridgehead atoms. The molecule has 156 valence electrons. The lowest BCUT2D eigenvalue weighted by molar-refractivity contribution is -0.137. The van der Waals surface area contributed by atoms with Gasteiger partial charge >= 0.3 is 5.97 Å². The standard InChI is InChI=1S/C22H38ClNO3/c1-2-13-22(14-8-15-22)20(25)10-7-16-24-17-12-18(23)19(24)9-5-3-4-6-11-21(26)27/h3,5,18-20,25H,2,4,6-17H2,1H3,(H,26,27)/b5-3-/t18-,19+,20-/m1/s1. The van der Waals surface area contributed by atoms with Gasteiger partial charge < -0.3 is 10.2 Å². The van der Waals surface area contributed by atoms with Crippen LogP contribution in [0.3, 0.4) is 0 Å². The monoisotopic (exact) mass is 399 g/mol. The number of aliphatic hydroxyl groups excluding tert-OH is 1. The van der Waals surface area contributed by atoms with Crippen molar-refractivity contribution in [3.63, 3.8) is 0 Å². The van der Waals surface area contributed by atoms with Crippen LogP contribution in [0.5, 0.6) is 0 Å². The van der Waals surface area contributed by atoms with Crippen LogP contribution in [0.25, 0.3) is 0 Å². The zero-order valence-electron chi connectivity index (χ0n) is 16.9. The molecule has 1 saturated carbocycles. The number of likely N-dealkylation sites (tertiary alicyclic amines) is 1. The molecule has 2 rings (SSSR count). The Labute approximate surface area is 170 Å². The average Bonchev–Trinajstić information content (AvgIpc) is 2.94. The zero-order chi connectivity index (χ0) is 19.7. The van der Waals surface area contributed by atoms with Crippen LogP contribution in [-0.4, -0.2) is 51.7 Å². The molecule has 1 aliphatic carbocycles. The molecule has 0 radical (unpaired) electrons. The maximum Gasteiger partial charge on any atom is 0.303 e. The van der Waals surface area contributed by atoms with E-state index >= 15 is 0 Å². The first-order chi connectivity index (χ1) is 13.0. The van der Waals surface area contributed by atoms with E-state index in [2.05, 4.69) is 24.0 Å². The van der Waals surface area contributed by atoms with Gasteiger partial charge in [-0.25, -0.2) is 0 Å². The van der Waals surface area contributed by atoms with Gasteiger partial charge in [-0.05, 0) is 76.3 Å². The Kier molecular flexibility index (Phi) is 9.61. The van der Waals surface area contributed by atoms with E-state index in [0.29, 0.717) is 12.5 Å². The van der Waals surface area contributed by atoms with Gasteiger partial charge in [0.15, 0.2) is 0 Å². The third kappa shape index (κ3) is 6.76. The fourth-order valence-corrected chi connectivity index (χ4v) is 5.21. The SMILES string of the molecule is CCCC1([C@H](O)CCCN2CC[C@@H](Cl)[C@@H]2C/C=C\CCCC(=O)O)CCC1. The Morgan fingerprint density at radius 1 is 1.33 bits per heavy atom. The van der Waals surface area contributed by atoms with Crippen molar-refractivity contribution in [3.05, 3.63) is 12.2 Å². The highest BCUT2D eigenvalue weighted by Gasteiger charge is 2.42. The summed E-state index contributed by atoms with van der Waals surface area (Å²) in [4.78, 5) is 13.0. The summed E-state index contributed by atoms with van der Waals surface area (Å²) in [6, 6.07) is 0.368. The van der Waals surface area contributed by atoms with E-state index in [-0.39, 0.29) is 23.3 Å². The second kappa shape index (κ2) is 11.4. The lowest BCUT2D eigenvalue weighted by atomic mass is 9.62. The Morgan fingerprint density at radius 2 is 2.11 bits per heavy atom. The molecule has 1 aliphatic heterocycles. The van der Waals surface area contributed by atoms with E-state index in [1.54, 1.807) is 0 Å². The van der Waals surface area contributed by atoms with Crippen LogP contribution >= 0.6 is 11.6 Å². The molecule has 2 N–H and O–H groups in total. The number of hydrogen-bond acceptors (Lipinski definition) is 3. The molecule has 0 amide bonds. The number of aliphatic carboxylic acids is 1. The molecule has 0 unspecified atom stereocenters. The van der Waals surface area contributed by atoms with Crippen LogP contribution in [0.15, 0.2) is 12.2 Å². The number of carboxylic acids is 1. The summed E-state index contributed by atoms with van der Waals surface area (Å²) in [5.74, 6) is -0.726. The molecule has 1 saturated heterocycles. The number of aliphatic hydroxyl groups is 1. The van der Waals surface area contributed by atoms with Gasteiger partial charge in [0.05, 0.1) is 11.5 Å². The number of rotatable bonds is 13. The van der Waals surface area contributed by atoms with Crippen molar-refractivity contribution in [1.29, 1.82) is 0 Å². The maximum atomic E-state index is 10.7. The summed E-state index contributed by atoms with van der Waals surface area (Å²) in [6.45, 7) is 4.28. The summed E-state index contributed by atoms with van der Waals surface area (Å²) < 4.78 is 0. The number of allylic oxidation sites excluding steroid dienone is 1. The predicted octanol–water partition coefficient (Wildman–Crippen LogP) is 4.98.